The van der Waals surface area contributed by atoms with Gasteiger partial charge in [-0.15, -0.1) is 0 Å². The van der Waals surface area contributed by atoms with Gasteiger partial charge in [-0.05, 0) is 62.2 Å². The van der Waals surface area contributed by atoms with Gasteiger partial charge < -0.3 is 4.43 Å². The molecule has 0 aromatic rings. The van der Waals surface area contributed by atoms with Gasteiger partial charge >= 0.3 is 0 Å². The van der Waals surface area contributed by atoms with Crippen molar-refractivity contribution in [2.45, 2.75) is 90.4 Å². The zero-order valence-electron chi connectivity index (χ0n) is 14.2. The Morgan fingerprint density at radius 1 is 1.05 bits per heavy atom. The Bertz CT molecular complexity index is 301. The second-order valence-corrected chi connectivity index (χ2v) is 7.78. The van der Waals surface area contributed by atoms with E-state index in [1.807, 2.05) is 0 Å². The molecular weight excluding hydrogens is 276 g/mol. The minimum Gasteiger partial charge on any atom is -0.529 e. The Morgan fingerprint density at radius 3 is 2.00 bits per heavy atom. The molecule has 2 nitrogen and oxygen atoms in total. The summed E-state index contributed by atoms with van der Waals surface area (Å²) in [5.41, 5.74) is 0.549. The Balaban J connectivity index is 2.07. The first-order chi connectivity index (χ1) is 10.2. The second-order valence-electron chi connectivity index (χ2n) is 7.38. The standard InChI is InChI=1S/C18H34O2Si/c1-2-13-18(15-8-3-4-9-15,16-10-5-6-11-16)14-7-12-17(19)20-21/h15-16H,2-14H2,1,21H3. The van der Waals surface area contributed by atoms with Gasteiger partial charge in [-0.3, -0.25) is 4.79 Å². The molecule has 2 saturated carbocycles. The van der Waals surface area contributed by atoms with Gasteiger partial charge in [-0.1, -0.05) is 39.0 Å². The normalized spacial score (nSPS) is 21.2. The molecule has 0 aliphatic heterocycles. The lowest BCUT2D eigenvalue weighted by molar-refractivity contribution is -0.134. The molecule has 0 bridgehead atoms. The lowest BCUT2D eigenvalue weighted by atomic mass is 9.60. The molecule has 0 unspecified atom stereocenters. The molecule has 0 atom stereocenters. The highest BCUT2D eigenvalue weighted by Crippen LogP contribution is 2.55. The highest BCUT2D eigenvalue weighted by molar-refractivity contribution is 6.05. The summed E-state index contributed by atoms with van der Waals surface area (Å²) in [5, 5.41) is 0. The SMILES string of the molecule is CCCC(CCCC(=O)O[SiH3])(C1CCCC1)C1CCCC1. The van der Waals surface area contributed by atoms with Crippen LogP contribution >= 0.6 is 0 Å². The van der Waals surface area contributed by atoms with E-state index in [0.29, 0.717) is 22.3 Å². The first kappa shape index (κ1) is 17.0. The van der Waals surface area contributed by atoms with E-state index in [1.54, 1.807) is 0 Å². The van der Waals surface area contributed by atoms with Crippen molar-refractivity contribution < 1.29 is 9.22 Å². The van der Waals surface area contributed by atoms with Crippen LogP contribution in [0.15, 0.2) is 0 Å². The number of rotatable bonds is 8. The van der Waals surface area contributed by atoms with Crippen molar-refractivity contribution in [1.29, 1.82) is 0 Å². The third-order valence-electron chi connectivity index (χ3n) is 6.30. The van der Waals surface area contributed by atoms with E-state index in [1.165, 1.54) is 70.6 Å². The van der Waals surface area contributed by atoms with Crippen molar-refractivity contribution in [3.8, 4) is 0 Å². The molecule has 21 heavy (non-hydrogen) atoms. The van der Waals surface area contributed by atoms with Gasteiger partial charge in [0.1, 0.15) is 0 Å². The predicted octanol–water partition coefficient (Wildman–Crippen LogP) is 4.15. The van der Waals surface area contributed by atoms with Crippen molar-refractivity contribution in [2.75, 3.05) is 0 Å². The highest BCUT2D eigenvalue weighted by Gasteiger charge is 2.45. The molecule has 0 spiro atoms. The van der Waals surface area contributed by atoms with Crippen molar-refractivity contribution in [3.05, 3.63) is 0 Å². The maximum atomic E-state index is 11.5. The fourth-order valence-corrected chi connectivity index (χ4v) is 5.61. The van der Waals surface area contributed by atoms with Crippen LogP contribution in [0.2, 0.25) is 0 Å². The smallest absolute Gasteiger partial charge is 0.291 e. The van der Waals surface area contributed by atoms with E-state index in [2.05, 4.69) is 6.92 Å². The zero-order valence-corrected chi connectivity index (χ0v) is 16.2. The molecule has 0 heterocycles. The maximum Gasteiger partial charge on any atom is 0.291 e. The fourth-order valence-electron chi connectivity index (χ4n) is 5.41. The number of hydrogen-bond acceptors (Lipinski definition) is 2. The summed E-state index contributed by atoms with van der Waals surface area (Å²) in [7, 11) is 0.547. The Kier molecular flexibility index (Phi) is 6.78. The largest absolute Gasteiger partial charge is 0.529 e. The van der Waals surface area contributed by atoms with Crippen LogP contribution < -0.4 is 0 Å². The number of carbonyl (C=O) groups is 1. The first-order valence-corrected chi connectivity index (χ1v) is 10.1. The van der Waals surface area contributed by atoms with Crippen molar-refractivity contribution in [1.82, 2.24) is 0 Å². The predicted molar refractivity (Wildman–Crippen MR) is 91.1 cm³/mol. The third kappa shape index (κ3) is 4.11. The van der Waals surface area contributed by atoms with Gasteiger partial charge in [0.05, 0.1) is 0 Å². The van der Waals surface area contributed by atoms with Crippen LogP contribution in [0.5, 0.6) is 0 Å². The van der Waals surface area contributed by atoms with E-state index < -0.39 is 0 Å². The quantitative estimate of drug-likeness (QED) is 0.630. The summed E-state index contributed by atoms with van der Waals surface area (Å²) >= 11 is 0. The maximum absolute atomic E-state index is 11.5. The fraction of sp³-hybridized carbons (Fsp3) is 0.944. The van der Waals surface area contributed by atoms with E-state index >= 15 is 0 Å². The van der Waals surface area contributed by atoms with Gasteiger partial charge in [0.2, 0.25) is 10.5 Å². The molecule has 0 aromatic heterocycles. The summed E-state index contributed by atoms with van der Waals surface area (Å²) in [6, 6.07) is 0. The molecule has 0 amide bonds. The second kappa shape index (κ2) is 8.35. The Labute approximate surface area is 134 Å². The van der Waals surface area contributed by atoms with E-state index in [-0.39, 0.29) is 5.97 Å². The van der Waals surface area contributed by atoms with Gasteiger partial charge in [0, 0.05) is 6.42 Å². The summed E-state index contributed by atoms with van der Waals surface area (Å²) < 4.78 is 4.98. The minimum absolute atomic E-state index is 0.0323. The van der Waals surface area contributed by atoms with Crippen LogP contribution in [0.25, 0.3) is 0 Å². The summed E-state index contributed by atoms with van der Waals surface area (Å²) in [6.07, 6.45) is 17.2. The number of carbonyl (C=O) groups excluding carboxylic acids is 1. The van der Waals surface area contributed by atoms with Crippen LogP contribution in [0.1, 0.15) is 90.4 Å². The van der Waals surface area contributed by atoms with Crippen LogP contribution in [0, 0.1) is 17.3 Å². The lowest BCUT2D eigenvalue weighted by Crippen LogP contribution is -2.36. The molecule has 2 fully saturated rings. The van der Waals surface area contributed by atoms with Crippen molar-refractivity contribution >= 4 is 16.5 Å². The molecule has 122 valence electrons. The Hall–Kier alpha value is -0.313. The van der Waals surface area contributed by atoms with Crippen molar-refractivity contribution in [2.24, 2.45) is 17.3 Å². The average Bonchev–Trinajstić information content (AvgIpc) is 3.19. The van der Waals surface area contributed by atoms with E-state index in [0.717, 1.165) is 18.3 Å². The minimum atomic E-state index is 0.0323. The Morgan fingerprint density at radius 2 is 1.57 bits per heavy atom. The van der Waals surface area contributed by atoms with E-state index in [9.17, 15) is 4.79 Å². The molecule has 2 rings (SSSR count). The van der Waals surface area contributed by atoms with Gasteiger partial charge in [0.15, 0.2) is 0 Å². The van der Waals surface area contributed by atoms with Gasteiger partial charge in [-0.2, -0.15) is 0 Å². The third-order valence-corrected chi connectivity index (χ3v) is 6.76. The highest BCUT2D eigenvalue weighted by atomic mass is 28.2. The summed E-state index contributed by atoms with van der Waals surface area (Å²) in [6.45, 7) is 2.35. The molecule has 0 aromatic carbocycles. The average molecular weight is 311 g/mol. The number of hydrogen-bond donors (Lipinski definition) is 0. The molecule has 0 saturated heterocycles. The van der Waals surface area contributed by atoms with Crippen LogP contribution in [0.3, 0.4) is 0 Å². The topological polar surface area (TPSA) is 26.3 Å². The first-order valence-electron chi connectivity index (χ1n) is 9.29. The molecule has 0 N–H and O–H groups in total. The summed E-state index contributed by atoms with van der Waals surface area (Å²) in [4.78, 5) is 11.5. The van der Waals surface area contributed by atoms with E-state index in [4.69, 9.17) is 4.43 Å². The molecule has 0 radical (unpaired) electrons. The van der Waals surface area contributed by atoms with Gasteiger partial charge in [-0.25, -0.2) is 0 Å². The zero-order chi connectivity index (χ0) is 15.1. The molecule has 3 heteroatoms. The molecule has 2 aliphatic carbocycles. The molecule has 2 aliphatic rings. The molecular formula is C18H34O2Si. The van der Waals surface area contributed by atoms with Crippen molar-refractivity contribution in [3.63, 3.8) is 0 Å². The summed E-state index contributed by atoms with van der Waals surface area (Å²) in [5.74, 6) is 1.91. The van der Waals surface area contributed by atoms with Gasteiger partial charge in [0.25, 0.3) is 5.97 Å². The lowest BCUT2D eigenvalue weighted by Gasteiger charge is -2.45. The van der Waals surface area contributed by atoms with Crippen LogP contribution in [-0.2, 0) is 9.22 Å². The van der Waals surface area contributed by atoms with Crippen LogP contribution in [0.4, 0.5) is 0 Å². The monoisotopic (exact) mass is 310 g/mol. The van der Waals surface area contributed by atoms with Crippen LogP contribution in [-0.4, -0.2) is 16.5 Å².